The van der Waals surface area contributed by atoms with Crippen molar-refractivity contribution in [2.24, 2.45) is 5.41 Å². The van der Waals surface area contributed by atoms with Gasteiger partial charge in [-0.1, -0.05) is 45.2 Å². The third-order valence-electron chi connectivity index (χ3n) is 3.57. The molecule has 0 bridgehead atoms. The lowest BCUT2D eigenvalue weighted by molar-refractivity contribution is -0.150. The first kappa shape index (κ1) is 15.5. The minimum absolute atomic E-state index is 0.0549. The van der Waals surface area contributed by atoms with Crippen LogP contribution in [0.2, 0.25) is 0 Å². The van der Waals surface area contributed by atoms with Gasteiger partial charge in [-0.25, -0.2) is 4.79 Å². The Hall–Kier alpha value is -1.57. The molecule has 0 N–H and O–H groups in total. The summed E-state index contributed by atoms with van der Waals surface area (Å²) in [4.78, 5) is 11.9. The molecular formula is C17H24O2. The van der Waals surface area contributed by atoms with Gasteiger partial charge in [0.1, 0.15) is 5.60 Å². The molecule has 19 heavy (non-hydrogen) atoms. The van der Waals surface area contributed by atoms with Crippen LogP contribution in [0.25, 0.3) is 0 Å². The van der Waals surface area contributed by atoms with Gasteiger partial charge in [0.05, 0.1) is 0 Å². The van der Waals surface area contributed by atoms with E-state index < -0.39 is 5.60 Å². The summed E-state index contributed by atoms with van der Waals surface area (Å²) in [5, 5.41) is 0. The molecule has 0 amide bonds. The van der Waals surface area contributed by atoms with Gasteiger partial charge in [0.25, 0.3) is 0 Å². The molecule has 0 heterocycles. The molecule has 0 saturated heterocycles. The fourth-order valence-electron chi connectivity index (χ4n) is 2.88. The first-order valence-corrected chi connectivity index (χ1v) is 6.57. The van der Waals surface area contributed by atoms with E-state index in [1.54, 1.807) is 6.92 Å². The van der Waals surface area contributed by atoms with E-state index in [1.807, 2.05) is 32.1 Å². The third kappa shape index (κ3) is 2.89. The van der Waals surface area contributed by atoms with E-state index in [0.29, 0.717) is 5.57 Å². The van der Waals surface area contributed by atoms with Crippen LogP contribution in [-0.4, -0.2) is 11.6 Å². The number of carbonyl (C=O) groups is 1. The zero-order valence-corrected chi connectivity index (χ0v) is 12.7. The minimum atomic E-state index is -0.616. The van der Waals surface area contributed by atoms with Crippen LogP contribution in [0.15, 0.2) is 48.1 Å². The second-order valence-electron chi connectivity index (χ2n) is 5.99. The predicted octanol–water partition coefficient (Wildman–Crippen LogP) is 4.35. The summed E-state index contributed by atoms with van der Waals surface area (Å²) in [6, 6.07) is 0. The average molecular weight is 260 g/mol. The summed E-state index contributed by atoms with van der Waals surface area (Å²) in [7, 11) is 0. The van der Waals surface area contributed by atoms with Crippen LogP contribution in [0.5, 0.6) is 0 Å². The minimum Gasteiger partial charge on any atom is -0.451 e. The third-order valence-corrected chi connectivity index (χ3v) is 3.57. The van der Waals surface area contributed by atoms with Gasteiger partial charge in [-0.3, -0.25) is 0 Å². The summed E-state index contributed by atoms with van der Waals surface area (Å²) in [6.45, 7) is 17.4. The van der Waals surface area contributed by atoms with Crippen molar-refractivity contribution in [1.82, 2.24) is 0 Å². The lowest BCUT2D eigenvalue weighted by Crippen LogP contribution is -2.33. The van der Waals surface area contributed by atoms with Gasteiger partial charge >= 0.3 is 5.97 Å². The van der Waals surface area contributed by atoms with Gasteiger partial charge in [-0.2, -0.15) is 0 Å². The van der Waals surface area contributed by atoms with Crippen molar-refractivity contribution < 1.29 is 9.53 Å². The van der Waals surface area contributed by atoms with Crippen molar-refractivity contribution in [1.29, 1.82) is 0 Å². The van der Waals surface area contributed by atoms with Crippen LogP contribution < -0.4 is 0 Å². The molecule has 1 rings (SSSR count). The van der Waals surface area contributed by atoms with Crippen LogP contribution in [0, 0.1) is 5.41 Å². The summed E-state index contributed by atoms with van der Waals surface area (Å²) in [5.74, 6) is -0.342. The normalized spacial score (nSPS) is 25.7. The maximum absolute atomic E-state index is 11.9. The van der Waals surface area contributed by atoms with Crippen molar-refractivity contribution in [2.75, 3.05) is 0 Å². The molecule has 0 aromatic rings. The van der Waals surface area contributed by atoms with Gasteiger partial charge < -0.3 is 4.74 Å². The Kier molecular flexibility index (Phi) is 4.24. The molecule has 1 unspecified atom stereocenters. The lowest BCUT2D eigenvalue weighted by Gasteiger charge is -2.29. The highest BCUT2D eigenvalue weighted by atomic mass is 16.6. The zero-order valence-electron chi connectivity index (χ0n) is 12.7. The number of hydrogen-bond donors (Lipinski definition) is 0. The molecule has 0 radical (unpaired) electrons. The predicted molar refractivity (Wildman–Crippen MR) is 79.7 cm³/mol. The van der Waals surface area contributed by atoms with Crippen LogP contribution in [0.3, 0.4) is 0 Å². The molecule has 104 valence electrons. The second kappa shape index (κ2) is 5.20. The van der Waals surface area contributed by atoms with Crippen molar-refractivity contribution in [2.45, 2.75) is 46.6 Å². The number of ether oxygens (including phenoxy) is 1. The lowest BCUT2D eigenvalue weighted by atomic mass is 9.84. The first-order chi connectivity index (χ1) is 8.68. The Balaban J connectivity index is 3.28. The topological polar surface area (TPSA) is 26.3 Å². The van der Waals surface area contributed by atoms with Gasteiger partial charge in [0, 0.05) is 12.0 Å². The van der Waals surface area contributed by atoms with Gasteiger partial charge in [0.15, 0.2) is 0 Å². The fourth-order valence-corrected chi connectivity index (χ4v) is 2.88. The van der Waals surface area contributed by atoms with E-state index in [0.717, 1.165) is 17.6 Å². The number of carbonyl (C=O) groups excluding carboxylic acids is 1. The monoisotopic (exact) mass is 260 g/mol. The van der Waals surface area contributed by atoms with Gasteiger partial charge in [-0.05, 0) is 37.3 Å². The standard InChI is InChI=1S/C17H24O2/c1-8-10-14-13(9-2)16(5,6)11-17(14,7)19-15(18)12(3)4/h8-10H,2-3,11H2,1,4-7H3/b10-8-. The fraction of sp³-hybridized carbons (Fsp3) is 0.471. The highest BCUT2D eigenvalue weighted by Crippen LogP contribution is 2.50. The molecular weight excluding hydrogens is 236 g/mol. The molecule has 1 aliphatic rings. The molecule has 0 aliphatic heterocycles. The largest absolute Gasteiger partial charge is 0.451 e. The molecule has 0 aromatic carbocycles. The Morgan fingerprint density at radius 3 is 2.32 bits per heavy atom. The van der Waals surface area contributed by atoms with Crippen molar-refractivity contribution >= 4 is 5.97 Å². The van der Waals surface area contributed by atoms with Crippen LogP contribution in [0.4, 0.5) is 0 Å². The average Bonchev–Trinajstić information content (AvgIpc) is 2.45. The van der Waals surface area contributed by atoms with E-state index in [2.05, 4.69) is 27.0 Å². The van der Waals surface area contributed by atoms with Crippen molar-refractivity contribution in [3.63, 3.8) is 0 Å². The Bertz CT molecular complexity index is 477. The number of hydrogen-bond acceptors (Lipinski definition) is 2. The van der Waals surface area contributed by atoms with E-state index >= 15 is 0 Å². The molecule has 1 atom stereocenters. The molecule has 2 nitrogen and oxygen atoms in total. The molecule has 0 fully saturated rings. The van der Waals surface area contributed by atoms with E-state index in [4.69, 9.17) is 4.74 Å². The molecule has 0 aromatic heterocycles. The smallest absolute Gasteiger partial charge is 0.333 e. The highest BCUT2D eigenvalue weighted by Gasteiger charge is 2.47. The number of allylic oxidation sites excluding steroid dienone is 3. The molecule has 2 heteroatoms. The van der Waals surface area contributed by atoms with Crippen LogP contribution in [0.1, 0.15) is 41.0 Å². The second-order valence-corrected chi connectivity index (χ2v) is 5.99. The molecule has 0 spiro atoms. The van der Waals surface area contributed by atoms with Crippen LogP contribution >= 0.6 is 0 Å². The molecule has 1 aliphatic carbocycles. The zero-order chi connectivity index (χ0) is 14.8. The summed E-state index contributed by atoms with van der Waals surface area (Å²) < 4.78 is 5.70. The Morgan fingerprint density at radius 2 is 1.89 bits per heavy atom. The number of esters is 1. The summed E-state index contributed by atoms with van der Waals surface area (Å²) >= 11 is 0. The Labute approximate surface area is 116 Å². The van der Waals surface area contributed by atoms with E-state index in [-0.39, 0.29) is 11.4 Å². The van der Waals surface area contributed by atoms with Gasteiger partial charge in [0.2, 0.25) is 0 Å². The van der Waals surface area contributed by atoms with Gasteiger partial charge in [-0.15, -0.1) is 0 Å². The van der Waals surface area contributed by atoms with Crippen molar-refractivity contribution in [3.8, 4) is 0 Å². The maximum atomic E-state index is 11.9. The van der Waals surface area contributed by atoms with E-state index in [9.17, 15) is 4.79 Å². The van der Waals surface area contributed by atoms with E-state index in [1.165, 1.54) is 0 Å². The highest BCUT2D eigenvalue weighted by molar-refractivity contribution is 5.87. The van der Waals surface area contributed by atoms with Crippen molar-refractivity contribution in [3.05, 3.63) is 48.1 Å². The Morgan fingerprint density at radius 1 is 1.32 bits per heavy atom. The first-order valence-electron chi connectivity index (χ1n) is 6.57. The maximum Gasteiger partial charge on any atom is 0.333 e. The summed E-state index contributed by atoms with van der Waals surface area (Å²) in [5.41, 5.74) is 1.93. The van der Waals surface area contributed by atoms with Crippen LogP contribution in [-0.2, 0) is 9.53 Å². The molecule has 0 saturated carbocycles. The number of rotatable bonds is 4. The summed E-state index contributed by atoms with van der Waals surface area (Å²) in [6.07, 6.45) is 6.60. The SMILES string of the molecule is C=CC1=C(/C=C\C)C(C)(OC(=O)C(=C)C)CC1(C)C. The quantitative estimate of drug-likeness (QED) is 0.555.